The van der Waals surface area contributed by atoms with E-state index in [4.69, 9.17) is 9.47 Å². The maximum Gasteiger partial charge on any atom is 0.416 e. The van der Waals surface area contributed by atoms with Gasteiger partial charge in [0.15, 0.2) is 11.5 Å². The van der Waals surface area contributed by atoms with Gasteiger partial charge in [0, 0.05) is 13.1 Å². The van der Waals surface area contributed by atoms with Crippen LogP contribution < -0.4 is 20.1 Å². The van der Waals surface area contributed by atoms with Crippen LogP contribution in [0.4, 0.5) is 13.2 Å². The summed E-state index contributed by atoms with van der Waals surface area (Å²) in [5.74, 6) is 1.10. The molecule has 0 saturated carbocycles. The molecule has 8 heteroatoms. The molecule has 0 unspecified atom stereocenters. The fourth-order valence-electron chi connectivity index (χ4n) is 4.11. The number of likely N-dealkylation sites (N-methyl/N-ethyl adjacent to an activating group) is 1. The van der Waals surface area contributed by atoms with Gasteiger partial charge in [0.05, 0.1) is 5.56 Å². The molecule has 0 spiro atoms. The van der Waals surface area contributed by atoms with E-state index in [0.29, 0.717) is 37.6 Å². The fraction of sp³-hybridized carbons (Fsp3) is 0.296. The summed E-state index contributed by atoms with van der Waals surface area (Å²) in [6, 6.07) is 19.3. The molecule has 5 nitrogen and oxygen atoms in total. The lowest BCUT2D eigenvalue weighted by Crippen LogP contribution is -2.38. The van der Waals surface area contributed by atoms with Crippen molar-refractivity contribution in [2.75, 3.05) is 20.3 Å². The van der Waals surface area contributed by atoms with Crippen LogP contribution in [0.5, 0.6) is 11.5 Å². The first kappa shape index (κ1) is 24.6. The van der Waals surface area contributed by atoms with Crippen LogP contribution in [-0.4, -0.2) is 26.2 Å². The topological polar surface area (TPSA) is 59.6 Å². The molecule has 1 amide bonds. The van der Waals surface area contributed by atoms with Crippen molar-refractivity contribution in [2.24, 2.45) is 0 Å². The van der Waals surface area contributed by atoms with Crippen LogP contribution in [0.2, 0.25) is 0 Å². The summed E-state index contributed by atoms with van der Waals surface area (Å²) < 4.78 is 50.2. The highest BCUT2D eigenvalue weighted by Gasteiger charge is 2.30. The summed E-state index contributed by atoms with van der Waals surface area (Å²) in [6.45, 7) is 0.930. The first-order chi connectivity index (χ1) is 16.8. The van der Waals surface area contributed by atoms with Gasteiger partial charge < -0.3 is 14.8 Å². The lowest BCUT2D eigenvalue weighted by atomic mass is 9.95. The van der Waals surface area contributed by atoms with E-state index in [2.05, 4.69) is 10.6 Å². The largest absolute Gasteiger partial charge is 0.486 e. The van der Waals surface area contributed by atoms with E-state index >= 15 is 0 Å². The number of carbonyl (C=O) groups is 1. The van der Waals surface area contributed by atoms with Gasteiger partial charge in [-0.2, -0.15) is 13.2 Å². The van der Waals surface area contributed by atoms with Crippen LogP contribution >= 0.6 is 0 Å². The van der Waals surface area contributed by atoms with Gasteiger partial charge in [0.1, 0.15) is 19.3 Å². The van der Waals surface area contributed by atoms with Crippen molar-refractivity contribution in [1.82, 2.24) is 10.6 Å². The molecule has 3 aromatic rings. The van der Waals surface area contributed by atoms with Gasteiger partial charge in [0.2, 0.25) is 5.91 Å². The molecule has 0 radical (unpaired) electrons. The number of carbonyl (C=O) groups excluding carboxylic acids is 1. The minimum Gasteiger partial charge on any atom is -0.486 e. The second-order valence-corrected chi connectivity index (χ2v) is 8.31. The second kappa shape index (κ2) is 10.8. The fourth-order valence-corrected chi connectivity index (χ4v) is 4.11. The van der Waals surface area contributed by atoms with Gasteiger partial charge in [-0.05, 0) is 53.8 Å². The number of hydrogen-bond acceptors (Lipinski definition) is 4. The zero-order valence-corrected chi connectivity index (χ0v) is 19.3. The van der Waals surface area contributed by atoms with Crippen LogP contribution in [0.3, 0.4) is 0 Å². The molecule has 1 aliphatic rings. The Balaban J connectivity index is 1.60. The monoisotopic (exact) mass is 484 g/mol. The number of alkyl halides is 3. The standard InChI is InChI=1S/C27H27F3N2O3/c1-31-26(33)25(19-5-3-2-4-6-19)32-22(20-10-14-23-24(17-20)35-16-15-34-23)13-9-18-7-11-21(12-8-18)27(28,29)30/h2-8,10-12,14,17,22,25,32H,9,13,15-16H2,1H3,(H,31,33)/t22-,25+/m1/s1. The van der Waals surface area contributed by atoms with Crippen LogP contribution in [0.25, 0.3) is 0 Å². The maximum atomic E-state index is 12.9. The minimum absolute atomic E-state index is 0.187. The zero-order chi connectivity index (χ0) is 24.8. The highest BCUT2D eigenvalue weighted by atomic mass is 19.4. The molecule has 2 atom stereocenters. The molecule has 1 aliphatic heterocycles. The quantitative estimate of drug-likeness (QED) is 0.460. The Morgan fingerprint density at radius 3 is 2.26 bits per heavy atom. The number of halogens is 3. The molecule has 0 aromatic heterocycles. The van der Waals surface area contributed by atoms with Crippen LogP contribution in [0, 0.1) is 0 Å². The number of hydrogen-bond donors (Lipinski definition) is 2. The molecular weight excluding hydrogens is 457 g/mol. The normalized spacial score (nSPS) is 14.7. The summed E-state index contributed by atoms with van der Waals surface area (Å²) in [7, 11) is 1.58. The van der Waals surface area contributed by atoms with E-state index in [-0.39, 0.29) is 11.9 Å². The van der Waals surface area contributed by atoms with E-state index in [0.717, 1.165) is 28.8 Å². The van der Waals surface area contributed by atoms with Crippen molar-refractivity contribution in [1.29, 1.82) is 0 Å². The molecule has 0 fully saturated rings. The average molecular weight is 485 g/mol. The molecule has 35 heavy (non-hydrogen) atoms. The Morgan fingerprint density at radius 1 is 0.914 bits per heavy atom. The Morgan fingerprint density at radius 2 is 1.60 bits per heavy atom. The number of fused-ring (bicyclic) bond motifs is 1. The van der Waals surface area contributed by atoms with Crippen molar-refractivity contribution in [3.8, 4) is 11.5 Å². The first-order valence-corrected chi connectivity index (χ1v) is 11.4. The van der Waals surface area contributed by atoms with E-state index in [1.54, 1.807) is 7.05 Å². The number of nitrogens with one attached hydrogen (secondary N) is 2. The molecule has 0 aliphatic carbocycles. The molecule has 184 valence electrons. The predicted octanol–water partition coefficient (Wildman–Crippen LogP) is 5.23. The summed E-state index contributed by atoms with van der Waals surface area (Å²) >= 11 is 0. The molecule has 3 aromatic carbocycles. The van der Waals surface area contributed by atoms with Crippen molar-refractivity contribution < 1.29 is 27.4 Å². The highest BCUT2D eigenvalue weighted by Crippen LogP contribution is 2.35. The number of ether oxygens (including phenoxy) is 2. The molecule has 2 N–H and O–H groups in total. The third-order valence-corrected chi connectivity index (χ3v) is 5.98. The number of rotatable bonds is 8. The molecule has 4 rings (SSSR count). The third-order valence-electron chi connectivity index (χ3n) is 5.98. The SMILES string of the molecule is CNC(=O)[C@@H](N[C@H](CCc1ccc(C(F)(F)F)cc1)c1ccc2c(c1)OCCO2)c1ccccc1. The van der Waals surface area contributed by atoms with Crippen molar-refractivity contribution in [3.63, 3.8) is 0 Å². The van der Waals surface area contributed by atoms with Gasteiger partial charge >= 0.3 is 6.18 Å². The van der Waals surface area contributed by atoms with Gasteiger partial charge in [0.25, 0.3) is 0 Å². The van der Waals surface area contributed by atoms with Crippen LogP contribution in [-0.2, 0) is 17.4 Å². The Labute approximate surface area is 202 Å². The van der Waals surface area contributed by atoms with E-state index in [1.165, 1.54) is 12.1 Å². The summed E-state index contributed by atoms with van der Waals surface area (Å²) in [6.07, 6.45) is -3.31. The summed E-state index contributed by atoms with van der Waals surface area (Å²) in [4.78, 5) is 12.8. The van der Waals surface area contributed by atoms with Crippen molar-refractivity contribution in [3.05, 3.63) is 95.1 Å². The van der Waals surface area contributed by atoms with E-state index in [9.17, 15) is 18.0 Å². The Kier molecular flexibility index (Phi) is 7.60. The summed E-state index contributed by atoms with van der Waals surface area (Å²) in [5, 5.41) is 6.17. The Hall–Kier alpha value is -3.52. The smallest absolute Gasteiger partial charge is 0.416 e. The van der Waals surface area contributed by atoms with Gasteiger partial charge in [-0.15, -0.1) is 0 Å². The van der Waals surface area contributed by atoms with E-state index in [1.807, 2.05) is 48.5 Å². The van der Waals surface area contributed by atoms with Crippen molar-refractivity contribution in [2.45, 2.75) is 31.1 Å². The lowest BCUT2D eigenvalue weighted by Gasteiger charge is -2.27. The molecular formula is C27H27F3N2O3. The average Bonchev–Trinajstić information content (AvgIpc) is 2.88. The zero-order valence-electron chi connectivity index (χ0n) is 19.3. The van der Waals surface area contributed by atoms with Gasteiger partial charge in [-0.1, -0.05) is 48.5 Å². The number of amides is 1. The summed E-state index contributed by atoms with van der Waals surface area (Å²) in [5.41, 5.74) is 1.81. The maximum absolute atomic E-state index is 12.9. The van der Waals surface area contributed by atoms with Crippen LogP contribution in [0.15, 0.2) is 72.8 Å². The number of benzene rings is 3. The molecule has 0 bridgehead atoms. The number of aryl methyl sites for hydroxylation is 1. The third kappa shape index (κ3) is 6.14. The minimum atomic E-state index is -4.37. The first-order valence-electron chi connectivity index (χ1n) is 11.4. The van der Waals surface area contributed by atoms with Gasteiger partial charge in [-0.25, -0.2) is 0 Å². The Bertz CT molecular complexity index is 1130. The van der Waals surface area contributed by atoms with Crippen LogP contribution in [0.1, 0.15) is 40.8 Å². The second-order valence-electron chi connectivity index (χ2n) is 8.31. The highest BCUT2D eigenvalue weighted by molar-refractivity contribution is 5.83. The van der Waals surface area contributed by atoms with Crippen molar-refractivity contribution >= 4 is 5.91 Å². The lowest BCUT2D eigenvalue weighted by molar-refractivity contribution is -0.137. The van der Waals surface area contributed by atoms with Gasteiger partial charge in [-0.3, -0.25) is 10.1 Å². The van der Waals surface area contributed by atoms with E-state index < -0.39 is 17.8 Å². The molecule has 1 heterocycles. The predicted molar refractivity (Wildman–Crippen MR) is 126 cm³/mol. The molecule has 0 saturated heterocycles.